The fourth-order valence-corrected chi connectivity index (χ4v) is 2.80. The van der Waals surface area contributed by atoms with Gasteiger partial charge in [0.2, 0.25) is 5.91 Å². The molecule has 1 aromatic heterocycles. The van der Waals surface area contributed by atoms with Gasteiger partial charge in [-0.3, -0.25) is 4.79 Å². The van der Waals surface area contributed by atoms with Gasteiger partial charge in [0.05, 0.1) is 12.9 Å². The van der Waals surface area contributed by atoms with E-state index in [4.69, 9.17) is 4.74 Å². The van der Waals surface area contributed by atoms with Crippen LogP contribution in [0.15, 0.2) is 47.6 Å². The molecule has 5 nitrogen and oxygen atoms in total. The topological polar surface area (TPSA) is 56.5 Å². The number of aromatic nitrogens is 1. The summed E-state index contributed by atoms with van der Waals surface area (Å²) >= 11 is 1.17. The number of benzene rings is 1. The molecule has 1 amide bonds. The van der Waals surface area contributed by atoms with Crippen molar-refractivity contribution in [1.29, 1.82) is 0 Å². The Kier molecular flexibility index (Phi) is 5.81. The number of amides is 1. The Morgan fingerprint density at radius 3 is 2.83 bits per heavy atom. The van der Waals surface area contributed by atoms with Crippen LogP contribution in [-0.2, 0) is 11.3 Å². The maximum absolute atomic E-state index is 13.6. The number of rotatable bonds is 6. The Labute approximate surface area is 138 Å². The second kappa shape index (κ2) is 7.82. The van der Waals surface area contributed by atoms with Crippen molar-refractivity contribution in [3.05, 3.63) is 59.2 Å². The molecule has 0 radical (unpaired) electrons. The summed E-state index contributed by atoms with van der Waals surface area (Å²) in [6, 6.07) is 9.61. The van der Waals surface area contributed by atoms with Crippen LogP contribution < -0.4 is 9.47 Å². The van der Waals surface area contributed by atoms with E-state index >= 15 is 0 Å². The normalized spacial score (nSPS) is 10.4. The molecule has 0 fully saturated rings. The minimum absolute atomic E-state index is 0.140. The van der Waals surface area contributed by atoms with Gasteiger partial charge in [-0.15, -0.1) is 0 Å². The number of hydrogen-bond acceptors (Lipinski definition) is 4. The molecule has 0 aliphatic heterocycles. The van der Waals surface area contributed by atoms with E-state index < -0.39 is 5.82 Å². The summed E-state index contributed by atoms with van der Waals surface area (Å²) in [5, 5.41) is 12.0. The lowest BCUT2D eigenvalue weighted by atomic mass is 10.2. The van der Waals surface area contributed by atoms with Crippen LogP contribution in [0, 0.1) is 11.0 Å². The molecule has 2 aromatic rings. The van der Waals surface area contributed by atoms with E-state index in [1.165, 1.54) is 42.1 Å². The molecule has 0 unspecified atom stereocenters. The first-order chi connectivity index (χ1) is 11.0. The molecular weight excluding hydrogens is 319 g/mol. The monoisotopic (exact) mass is 336 g/mol. The van der Waals surface area contributed by atoms with Crippen LogP contribution in [0.2, 0.25) is 0 Å². The van der Waals surface area contributed by atoms with Gasteiger partial charge in [-0.25, -0.2) is 4.39 Å². The molecule has 0 N–H and O–H groups in total. The minimum Gasteiger partial charge on any atom is -0.618 e. The number of methoxy groups -OCH3 is 1. The van der Waals surface area contributed by atoms with E-state index in [1.807, 2.05) is 0 Å². The maximum Gasteiger partial charge on any atom is 0.251 e. The van der Waals surface area contributed by atoms with Gasteiger partial charge < -0.3 is 14.8 Å². The van der Waals surface area contributed by atoms with E-state index in [1.54, 1.807) is 31.3 Å². The van der Waals surface area contributed by atoms with E-state index in [0.29, 0.717) is 10.6 Å². The van der Waals surface area contributed by atoms with E-state index in [2.05, 4.69) is 0 Å². The van der Waals surface area contributed by atoms with Crippen LogP contribution in [0.1, 0.15) is 5.56 Å². The predicted molar refractivity (Wildman–Crippen MR) is 85.6 cm³/mol. The minimum atomic E-state index is -0.461. The summed E-state index contributed by atoms with van der Waals surface area (Å²) < 4.78 is 19.2. The van der Waals surface area contributed by atoms with Gasteiger partial charge in [0.25, 0.3) is 5.03 Å². The van der Waals surface area contributed by atoms with E-state index in [9.17, 15) is 14.4 Å². The smallest absolute Gasteiger partial charge is 0.251 e. The number of carbonyl (C=O) groups excluding carboxylic acids is 1. The van der Waals surface area contributed by atoms with Crippen molar-refractivity contribution in [3.8, 4) is 5.75 Å². The highest BCUT2D eigenvalue weighted by molar-refractivity contribution is 7.99. The molecular formula is C16H17FN2O3S. The summed E-state index contributed by atoms with van der Waals surface area (Å²) in [6.45, 7) is 0.284. The van der Waals surface area contributed by atoms with Gasteiger partial charge in [0.1, 0.15) is 0 Å². The van der Waals surface area contributed by atoms with Gasteiger partial charge in [0, 0.05) is 25.7 Å². The first-order valence-corrected chi connectivity index (χ1v) is 7.87. The van der Waals surface area contributed by atoms with Crippen LogP contribution >= 0.6 is 11.8 Å². The molecule has 7 heteroatoms. The summed E-state index contributed by atoms with van der Waals surface area (Å²) in [6.07, 6.45) is 1.39. The van der Waals surface area contributed by atoms with Crippen LogP contribution in [-0.4, -0.2) is 30.7 Å². The number of halogens is 1. The van der Waals surface area contributed by atoms with E-state index in [0.717, 1.165) is 4.73 Å². The van der Waals surface area contributed by atoms with Crippen molar-refractivity contribution >= 4 is 17.7 Å². The fraction of sp³-hybridized carbons (Fsp3) is 0.250. The number of hydrogen-bond donors (Lipinski definition) is 0. The van der Waals surface area contributed by atoms with E-state index in [-0.39, 0.29) is 24.0 Å². The molecule has 2 rings (SSSR count). The average Bonchev–Trinajstić information content (AvgIpc) is 2.54. The third-order valence-corrected chi connectivity index (χ3v) is 4.20. The zero-order valence-corrected chi connectivity index (χ0v) is 13.7. The number of carbonyl (C=O) groups is 1. The molecule has 0 aliphatic rings. The zero-order chi connectivity index (χ0) is 16.8. The molecule has 1 aromatic carbocycles. The van der Waals surface area contributed by atoms with Crippen molar-refractivity contribution in [3.63, 3.8) is 0 Å². The molecule has 122 valence electrons. The maximum atomic E-state index is 13.6. The van der Waals surface area contributed by atoms with Crippen molar-refractivity contribution in [2.75, 3.05) is 19.9 Å². The SMILES string of the molecule is COc1ccc(CN(C)C(=O)CSc2cccc[n+]2[O-])cc1F. The summed E-state index contributed by atoms with van der Waals surface area (Å²) in [4.78, 5) is 13.6. The Bertz CT molecular complexity index is 697. The third-order valence-electron chi connectivity index (χ3n) is 3.19. The van der Waals surface area contributed by atoms with Crippen molar-refractivity contribution in [2.45, 2.75) is 11.6 Å². The molecule has 0 saturated carbocycles. The van der Waals surface area contributed by atoms with Crippen molar-refractivity contribution in [1.82, 2.24) is 4.90 Å². The third kappa shape index (κ3) is 4.59. The zero-order valence-electron chi connectivity index (χ0n) is 12.9. The van der Waals surface area contributed by atoms with Crippen molar-refractivity contribution < 1.29 is 18.7 Å². The Morgan fingerprint density at radius 1 is 1.39 bits per heavy atom. The highest BCUT2D eigenvalue weighted by Gasteiger charge is 2.14. The second-order valence-electron chi connectivity index (χ2n) is 4.87. The lowest BCUT2D eigenvalue weighted by Crippen LogP contribution is -2.31. The van der Waals surface area contributed by atoms with Crippen LogP contribution in [0.5, 0.6) is 5.75 Å². The van der Waals surface area contributed by atoms with Crippen LogP contribution in [0.25, 0.3) is 0 Å². The second-order valence-corrected chi connectivity index (χ2v) is 5.87. The van der Waals surface area contributed by atoms with Gasteiger partial charge in [-0.2, -0.15) is 4.73 Å². The van der Waals surface area contributed by atoms with Gasteiger partial charge >= 0.3 is 0 Å². The largest absolute Gasteiger partial charge is 0.618 e. The highest BCUT2D eigenvalue weighted by atomic mass is 32.2. The first-order valence-electron chi connectivity index (χ1n) is 6.88. The highest BCUT2D eigenvalue weighted by Crippen LogP contribution is 2.19. The summed E-state index contributed by atoms with van der Waals surface area (Å²) in [5.74, 6) is -0.296. The molecule has 0 aliphatic carbocycles. The molecule has 0 spiro atoms. The average molecular weight is 336 g/mol. The Hall–Kier alpha value is -2.28. The number of thioether (sulfide) groups is 1. The van der Waals surface area contributed by atoms with Crippen LogP contribution in [0.4, 0.5) is 4.39 Å². The predicted octanol–water partition coefficient (Wildman–Crippen LogP) is 2.22. The molecule has 0 bridgehead atoms. The number of pyridine rings is 1. The lowest BCUT2D eigenvalue weighted by molar-refractivity contribution is -0.645. The summed E-state index contributed by atoms with van der Waals surface area (Å²) in [7, 11) is 3.04. The molecule has 1 heterocycles. The van der Waals surface area contributed by atoms with Gasteiger partial charge in [0.15, 0.2) is 17.8 Å². The summed E-state index contributed by atoms with van der Waals surface area (Å²) in [5.41, 5.74) is 0.669. The first kappa shape index (κ1) is 17.1. The molecule has 0 saturated heterocycles. The lowest BCUT2D eigenvalue weighted by Gasteiger charge is -2.17. The molecule has 23 heavy (non-hydrogen) atoms. The van der Waals surface area contributed by atoms with Gasteiger partial charge in [-0.05, 0) is 35.5 Å². The van der Waals surface area contributed by atoms with Crippen molar-refractivity contribution in [2.24, 2.45) is 0 Å². The Morgan fingerprint density at radius 2 is 2.17 bits per heavy atom. The quantitative estimate of drug-likeness (QED) is 0.461. The fourth-order valence-electron chi connectivity index (χ4n) is 1.94. The molecule has 0 atom stereocenters. The number of nitrogens with zero attached hydrogens (tertiary/aromatic N) is 2. The van der Waals surface area contributed by atoms with Crippen LogP contribution in [0.3, 0.4) is 0 Å². The number of ether oxygens (including phenoxy) is 1. The van der Waals surface area contributed by atoms with Gasteiger partial charge in [-0.1, -0.05) is 6.07 Å². The standard InChI is InChI=1S/C16H17FN2O3S/c1-18(10-12-6-7-14(22-2)13(17)9-12)15(20)11-23-16-5-3-4-8-19(16)21/h3-9H,10-11H2,1-2H3. The Balaban J connectivity index is 1.92.